The van der Waals surface area contributed by atoms with Crippen molar-refractivity contribution in [3.05, 3.63) is 18.2 Å². The van der Waals surface area contributed by atoms with Crippen LogP contribution in [0.2, 0.25) is 0 Å². The normalized spacial score (nSPS) is 31.0. The number of amides is 1. The molecule has 1 aromatic heterocycles. The first-order valence-corrected chi connectivity index (χ1v) is 9.44. The lowest BCUT2D eigenvalue weighted by Crippen LogP contribution is -2.48. The van der Waals surface area contributed by atoms with Crippen LogP contribution >= 0.6 is 0 Å². The van der Waals surface area contributed by atoms with Gasteiger partial charge in [0.25, 0.3) is 5.91 Å². The van der Waals surface area contributed by atoms with Crippen LogP contribution in [0.5, 0.6) is 0 Å². The van der Waals surface area contributed by atoms with Crippen molar-refractivity contribution in [3.63, 3.8) is 0 Å². The van der Waals surface area contributed by atoms with Crippen molar-refractivity contribution >= 4 is 5.91 Å². The molecule has 7 heteroatoms. The third kappa shape index (κ3) is 3.59. The number of hydrogen-bond donors (Lipinski definition) is 1. The lowest BCUT2D eigenvalue weighted by atomic mass is 9.97. The zero-order valence-electron chi connectivity index (χ0n) is 14.9. The molecular formula is C18H28N4O3. The van der Waals surface area contributed by atoms with Gasteiger partial charge in [0, 0.05) is 58.4 Å². The van der Waals surface area contributed by atoms with Gasteiger partial charge in [-0.1, -0.05) is 0 Å². The molecule has 7 nitrogen and oxygen atoms in total. The summed E-state index contributed by atoms with van der Waals surface area (Å²) in [5.74, 6) is 1.04. The Kier molecular flexibility index (Phi) is 5.05. The van der Waals surface area contributed by atoms with E-state index in [-0.39, 0.29) is 18.1 Å². The molecule has 0 saturated carbocycles. The maximum atomic E-state index is 12.6. The lowest BCUT2D eigenvalue weighted by Gasteiger charge is -2.34. The Bertz CT molecular complexity index is 599. The zero-order chi connectivity index (χ0) is 17.2. The second kappa shape index (κ2) is 7.43. The maximum absolute atomic E-state index is 12.6. The fourth-order valence-corrected chi connectivity index (χ4v) is 4.47. The first-order valence-electron chi connectivity index (χ1n) is 9.44. The highest BCUT2D eigenvalue weighted by Gasteiger charge is 2.45. The molecule has 4 heterocycles. The molecule has 1 N–H and O–H groups in total. The Labute approximate surface area is 148 Å². The monoisotopic (exact) mass is 348 g/mol. The number of rotatable bonds is 4. The summed E-state index contributed by atoms with van der Waals surface area (Å²) in [6.45, 7) is 4.50. The summed E-state index contributed by atoms with van der Waals surface area (Å²) in [7, 11) is 1.84. The highest BCUT2D eigenvalue weighted by molar-refractivity contribution is 5.91. The Hall–Kier alpha value is -1.44. The van der Waals surface area contributed by atoms with Crippen LogP contribution in [0.4, 0.5) is 0 Å². The largest absolute Gasteiger partial charge is 0.381 e. The van der Waals surface area contributed by atoms with Crippen LogP contribution in [-0.2, 0) is 16.5 Å². The van der Waals surface area contributed by atoms with E-state index in [1.807, 2.05) is 7.05 Å². The van der Waals surface area contributed by atoms with Crippen molar-refractivity contribution in [2.75, 3.05) is 32.9 Å². The van der Waals surface area contributed by atoms with Gasteiger partial charge in [0.15, 0.2) is 5.82 Å². The Morgan fingerprint density at radius 3 is 2.92 bits per heavy atom. The first-order chi connectivity index (χ1) is 12.2. The summed E-state index contributed by atoms with van der Waals surface area (Å²) < 4.78 is 13.3. The smallest absolute Gasteiger partial charge is 0.287 e. The topological polar surface area (TPSA) is 68.6 Å². The quantitative estimate of drug-likeness (QED) is 0.872. The molecule has 1 aromatic rings. The molecular weight excluding hydrogens is 320 g/mol. The molecule has 0 radical (unpaired) electrons. The number of likely N-dealkylation sites (tertiary alicyclic amines) is 1. The van der Waals surface area contributed by atoms with E-state index in [0.717, 1.165) is 58.6 Å². The lowest BCUT2D eigenvalue weighted by molar-refractivity contribution is -0.0255. The number of nitrogens with zero attached hydrogens (tertiary/aromatic N) is 3. The van der Waals surface area contributed by atoms with E-state index < -0.39 is 0 Å². The number of nitrogens with one attached hydrogen (secondary N) is 1. The van der Waals surface area contributed by atoms with E-state index in [9.17, 15) is 4.79 Å². The van der Waals surface area contributed by atoms with Crippen LogP contribution in [0, 0.1) is 5.92 Å². The summed E-state index contributed by atoms with van der Waals surface area (Å²) >= 11 is 0. The number of aryl methyl sites for hydroxylation is 1. The second-order valence-electron chi connectivity index (χ2n) is 7.50. The van der Waals surface area contributed by atoms with Gasteiger partial charge in [-0.3, -0.25) is 9.69 Å². The van der Waals surface area contributed by atoms with Crippen LogP contribution in [0.1, 0.15) is 36.3 Å². The highest BCUT2D eigenvalue weighted by atomic mass is 16.5. The van der Waals surface area contributed by atoms with Crippen molar-refractivity contribution in [2.24, 2.45) is 13.0 Å². The molecule has 0 unspecified atom stereocenters. The van der Waals surface area contributed by atoms with Crippen molar-refractivity contribution in [2.45, 2.75) is 43.9 Å². The Balaban J connectivity index is 1.43. The van der Waals surface area contributed by atoms with E-state index in [1.54, 1.807) is 17.0 Å². The van der Waals surface area contributed by atoms with Crippen LogP contribution in [0.15, 0.2) is 12.4 Å². The summed E-state index contributed by atoms with van der Waals surface area (Å²) in [4.78, 5) is 19.3. The van der Waals surface area contributed by atoms with Gasteiger partial charge in [0.2, 0.25) is 0 Å². The average Bonchev–Trinajstić information content (AvgIpc) is 3.21. The number of fused-ring (bicyclic) bond motifs is 1. The number of aromatic nitrogens is 2. The zero-order valence-corrected chi connectivity index (χ0v) is 14.9. The number of carbonyl (C=O) groups is 1. The van der Waals surface area contributed by atoms with E-state index in [0.29, 0.717) is 17.8 Å². The van der Waals surface area contributed by atoms with Crippen molar-refractivity contribution in [3.8, 4) is 0 Å². The van der Waals surface area contributed by atoms with Gasteiger partial charge in [0.05, 0.1) is 12.1 Å². The molecule has 3 aliphatic rings. The molecule has 3 fully saturated rings. The second-order valence-corrected chi connectivity index (χ2v) is 7.50. The van der Waals surface area contributed by atoms with Gasteiger partial charge >= 0.3 is 0 Å². The van der Waals surface area contributed by atoms with Gasteiger partial charge in [0.1, 0.15) is 0 Å². The van der Waals surface area contributed by atoms with Crippen LogP contribution in [-0.4, -0.2) is 71.5 Å². The summed E-state index contributed by atoms with van der Waals surface area (Å²) in [6, 6.07) is 0.456. The number of imidazole rings is 1. The maximum Gasteiger partial charge on any atom is 0.287 e. The van der Waals surface area contributed by atoms with E-state index in [1.165, 1.54) is 0 Å². The van der Waals surface area contributed by atoms with E-state index >= 15 is 0 Å². The van der Waals surface area contributed by atoms with Gasteiger partial charge in [-0.2, -0.15) is 0 Å². The summed E-state index contributed by atoms with van der Waals surface area (Å²) in [5.41, 5.74) is 0. The summed E-state index contributed by atoms with van der Waals surface area (Å²) in [6.07, 6.45) is 8.08. The molecule has 3 aliphatic heterocycles. The summed E-state index contributed by atoms with van der Waals surface area (Å²) in [5, 5.41) is 3.17. The fraction of sp³-hybridized carbons (Fsp3) is 0.778. The third-order valence-corrected chi connectivity index (χ3v) is 5.80. The Morgan fingerprint density at radius 1 is 1.32 bits per heavy atom. The molecule has 0 spiro atoms. The number of ether oxygens (including phenoxy) is 2. The molecule has 1 amide bonds. The SMILES string of the molecule is Cn1ccnc1C(=O)N[C@@H]1CN(CC2CCOCC2)[C@@H]2CCCO[C@@H]21. The fourth-order valence-electron chi connectivity index (χ4n) is 4.47. The predicted octanol–water partition coefficient (Wildman–Crippen LogP) is 0.808. The average molecular weight is 348 g/mol. The molecule has 0 aromatic carbocycles. The van der Waals surface area contributed by atoms with Crippen molar-refractivity contribution < 1.29 is 14.3 Å². The Morgan fingerprint density at radius 2 is 2.16 bits per heavy atom. The predicted molar refractivity (Wildman–Crippen MR) is 92.3 cm³/mol. The van der Waals surface area contributed by atoms with E-state index in [4.69, 9.17) is 9.47 Å². The number of carbonyl (C=O) groups excluding carboxylic acids is 1. The van der Waals surface area contributed by atoms with Crippen LogP contribution in [0.3, 0.4) is 0 Å². The molecule has 0 bridgehead atoms. The molecule has 4 rings (SSSR count). The van der Waals surface area contributed by atoms with Crippen LogP contribution in [0.25, 0.3) is 0 Å². The van der Waals surface area contributed by atoms with Crippen molar-refractivity contribution in [1.29, 1.82) is 0 Å². The number of hydrogen-bond acceptors (Lipinski definition) is 5. The van der Waals surface area contributed by atoms with Gasteiger partial charge < -0.3 is 19.4 Å². The van der Waals surface area contributed by atoms with Crippen molar-refractivity contribution in [1.82, 2.24) is 19.8 Å². The van der Waals surface area contributed by atoms with Gasteiger partial charge in [-0.05, 0) is 31.6 Å². The molecule has 25 heavy (non-hydrogen) atoms. The molecule has 3 saturated heterocycles. The minimum absolute atomic E-state index is 0.0364. The molecule has 0 aliphatic carbocycles. The third-order valence-electron chi connectivity index (χ3n) is 5.80. The van der Waals surface area contributed by atoms with Gasteiger partial charge in [-0.15, -0.1) is 0 Å². The minimum atomic E-state index is -0.113. The highest BCUT2D eigenvalue weighted by Crippen LogP contribution is 2.31. The molecule has 138 valence electrons. The van der Waals surface area contributed by atoms with Crippen LogP contribution < -0.4 is 5.32 Å². The van der Waals surface area contributed by atoms with Gasteiger partial charge in [-0.25, -0.2) is 4.98 Å². The molecule has 3 atom stereocenters. The first kappa shape index (κ1) is 17.0. The minimum Gasteiger partial charge on any atom is -0.381 e. The standard InChI is InChI=1S/C18H28N4O3/c1-21-7-6-19-17(21)18(23)20-14-12-22(11-13-4-9-24-10-5-13)15-3-2-8-25-16(14)15/h6-7,13-16H,2-5,8-12H2,1H3,(H,20,23)/t14-,15-,16-/m1/s1. The van der Waals surface area contributed by atoms with E-state index in [2.05, 4.69) is 15.2 Å².